The van der Waals surface area contributed by atoms with Crippen molar-refractivity contribution in [2.24, 2.45) is 12.0 Å². The Morgan fingerprint density at radius 2 is 2.00 bits per heavy atom. The van der Waals surface area contributed by atoms with Crippen LogP contribution in [0.5, 0.6) is 0 Å². The molecule has 0 spiro atoms. The van der Waals surface area contributed by atoms with Crippen molar-refractivity contribution < 1.29 is 9.53 Å². The number of hydrogen-bond donors (Lipinski definition) is 0. The van der Waals surface area contributed by atoms with E-state index in [4.69, 9.17) is 4.74 Å². The van der Waals surface area contributed by atoms with Gasteiger partial charge in [-0.05, 0) is 57.7 Å². The molecule has 0 unspecified atom stereocenters. The van der Waals surface area contributed by atoms with Gasteiger partial charge in [-0.3, -0.25) is 9.79 Å². The molecule has 6 nitrogen and oxygen atoms in total. The van der Waals surface area contributed by atoms with E-state index in [2.05, 4.69) is 11.7 Å². The van der Waals surface area contributed by atoms with Gasteiger partial charge >= 0.3 is 6.09 Å². The molecule has 0 aliphatic rings. The van der Waals surface area contributed by atoms with Gasteiger partial charge in [0.1, 0.15) is 5.60 Å². The van der Waals surface area contributed by atoms with Gasteiger partial charge in [0.25, 0.3) is 5.56 Å². The van der Waals surface area contributed by atoms with Crippen molar-refractivity contribution in [1.82, 2.24) is 9.36 Å². The summed E-state index contributed by atoms with van der Waals surface area (Å²) in [4.78, 5) is 28.5. The van der Waals surface area contributed by atoms with E-state index in [1.807, 2.05) is 13.0 Å². The van der Waals surface area contributed by atoms with Gasteiger partial charge < -0.3 is 4.74 Å². The Morgan fingerprint density at radius 3 is 2.57 bits per heavy atom. The topological polar surface area (TPSA) is 65.6 Å². The van der Waals surface area contributed by atoms with Gasteiger partial charge in [-0.1, -0.05) is 6.07 Å². The molecule has 1 aromatic heterocycles. The summed E-state index contributed by atoms with van der Waals surface area (Å²) in [5.74, 6) is 0. The summed E-state index contributed by atoms with van der Waals surface area (Å²) in [7, 11) is 1.54. The van der Waals surface area contributed by atoms with Crippen molar-refractivity contribution in [3.05, 3.63) is 40.3 Å². The molecule has 23 heavy (non-hydrogen) atoms. The number of aromatic nitrogens is 2. The maximum absolute atomic E-state index is 12.5. The molecule has 0 atom stereocenters. The first-order chi connectivity index (χ1) is 10.7. The second-order valence-corrected chi connectivity index (χ2v) is 6.35. The summed E-state index contributed by atoms with van der Waals surface area (Å²) < 4.78 is 7.90. The number of aliphatic imine (C=N–C) groups is 1. The quantitative estimate of drug-likeness (QED) is 0.799. The number of ether oxygens (including phenoxy) is 1. The fourth-order valence-electron chi connectivity index (χ4n) is 2.30. The maximum Gasteiger partial charge on any atom is 0.434 e. The van der Waals surface area contributed by atoms with E-state index in [1.165, 1.54) is 9.36 Å². The van der Waals surface area contributed by atoms with Crippen molar-refractivity contribution in [1.29, 1.82) is 0 Å². The van der Waals surface area contributed by atoms with E-state index in [0.29, 0.717) is 10.9 Å². The van der Waals surface area contributed by atoms with Crippen LogP contribution in [0.25, 0.3) is 16.5 Å². The Hall–Kier alpha value is -2.63. The van der Waals surface area contributed by atoms with E-state index >= 15 is 0 Å². The molecule has 6 heteroatoms. The number of nitrogens with zero attached hydrogens (tertiary/aromatic N) is 3. The first-order valence-electron chi connectivity index (χ1n) is 7.24. The van der Waals surface area contributed by atoms with Crippen LogP contribution in [0.2, 0.25) is 0 Å². The zero-order valence-corrected chi connectivity index (χ0v) is 14.1. The van der Waals surface area contributed by atoms with Crippen LogP contribution in [-0.4, -0.2) is 27.8 Å². The van der Waals surface area contributed by atoms with Gasteiger partial charge in [0.2, 0.25) is 0 Å². The molecule has 0 bridgehead atoms. The van der Waals surface area contributed by atoms with Gasteiger partial charge in [0.05, 0.1) is 10.9 Å². The molecule has 122 valence electrons. The van der Waals surface area contributed by atoms with Crippen molar-refractivity contribution >= 4 is 29.3 Å². The van der Waals surface area contributed by atoms with Crippen LogP contribution in [0.1, 0.15) is 33.3 Å². The molecule has 1 aromatic carbocycles. The lowest BCUT2D eigenvalue weighted by Gasteiger charge is -2.20. The van der Waals surface area contributed by atoms with Crippen LogP contribution in [0.15, 0.2) is 34.2 Å². The summed E-state index contributed by atoms with van der Waals surface area (Å²) in [5, 5.41) is 0.460. The molecule has 0 aliphatic carbocycles. The SMILES string of the molecule is C=N/C=C(\C)c1ccc2c(=O)n(C)n(C(=O)OC(C)(C)C)c2c1. The molecule has 0 amide bonds. The van der Waals surface area contributed by atoms with Crippen LogP contribution in [-0.2, 0) is 11.8 Å². The fourth-order valence-corrected chi connectivity index (χ4v) is 2.30. The molecule has 0 N–H and O–H groups in total. The van der Waals surface area contributed by atoms with Crippen LogP contribution in [0.3, 0.4) is 0 Å². The highest BCUT2D eigenvalue weighted by Gasteiger charge is 2.23. The zero-order valence-electron chi connectivity index (χ0n) is 14.1. The summed E-state index contributed by atoms with van der Waals surface area (Å²) in [6, 6.07) is 5.30. The number of fused-ring (bicyclic) bond motifs is 1. The normalized spacial score (nSPS) is 12.5. The first-order valence-corrected chi connectivity index (χ1v) is 7.24. The summed E-state index contributed by atoms with van der Waals surface area (Å²) in [5.41, 5.74) is 1.34. The Balaban J connectivity index is 2.68. The van der Waals surface area contributed by atoms with E-state index < -0.39 is 11.7 Å². The Kier molecular flexibility index (Phi) is 4.27. The molecule has 1 heterocycles. The highest BCUT2D eigenvalue weighted by molar-refractivity contribution is 5.90. The molecule has 0 saturated heterocycles. The highest BCUT2D eigenvalue weighted by Crippen LogP contribution is 2.21. The standard InChI is InChI=1S/C17H21N3O3/c1-11(10-18-5)12-7-8-13-14(9-12)20(19(6)15(13)21)16(22)23-17(2,3)4/h7-10H,5H2,1-4,6H3/b11-10+. The van der Waals surface area contributed by atoms with Crippen molar-refractivity contribution in [3.63, 3.8) is 0 Å². The third kappa shape index (κ3) is 3.26. The third-order valence-electron chi connectivity index (χ3n) is 3.36. The van der Waals surface area contributed by atoms with E-state index in [9.17, 15) is 9.59 Å². The number of carbonyl (C=O) groups is 1. The Labute approximate surface area is 134 Å². The highest BCUT2D eigenvalue weighted by atomic mass is 16.6. The number of benzene rings is 1. The van der Waals surface area contributed by atoms with E-state index in [1.54, 1.807) is 46.2 Å². The van der Waals surface area contributed by atoms with Crippen molar-refractivity contribution in [3.8, 4) is 0 Å². The fraction of sp³-hybridized carbons (Fsp3) is 0.353. The number of carbonyl (C=O) groups excluding carboxylic acids is 1. The molecule has 0 radical (unpaired) electrons. The molecular weight excluding hydrogens is 294 g/mol. The number of allylic oxidation sites excluding steroid dienone is 1. The smallest absolute Gasteiger partial charge is 0.434 e. The van der Waals surface area contributed by atoms with Gasteiger partial charge in [0, 0.05) is 13.2 Å². The number of hydrogen-bond acceptors (Lipinski definition) is 4. The number of rotatable bonds is 2. The van der Waals surface area contributed by atoms with E-state index in [-0.39, 0.29) is 5.56 Å². The minimum absolute atomic E-state index is 0.249. The molecule has 0 fully saturated rings. The molecule has 0 saturated carbocycles. The second-order valence-electron chi connectivity index (χ2n) is 6.35. The van der Waals surface area contributed by atoms with Gasteiger partial charge in [-0.25, -0.2) is 9.48 Å². The summed E-state index contributed by atoms with van der Waals surface area (Å²) in [6.45, 7) is 10.7. The third-order valence-corrected chi connectivity index (χ3v) is 3.36. The average molecular weight is 315 g/mol. The molecule has 2 rings (SSSR count). The maximum atomic E-state index is 12.5. The first kappa shape index (κ1) is 16.7. The minimum Gasteiger partial charge on any atom is -0.442 e. The second kappa shape index (κ2) is 5.87. The lowest BCUT2D eigenvalue weighted by atomic mass is 10.1. The van der Waals surface area contributed by atoms with Crippen molar-refractivity contribution in [2.75, 3.05) is 0 Å². The lowest BCUT2D eigenvalue weighted by Crippen LogP contribution is -2.31. The zero-order chi connectivity index (χ0) is 17.4. The largest absolute Gasteiger partial charge is 0.442 e. The Bertz CT molecular complexity index is 864. The molecular formula is C17H21N3O3. The van der Waals surface area contributed by atoms with Crippen LogP contribution < -0.4 is 5.56 Å². The lowest BCUT2D eigenvalue weighted by molar-refractivity contribution is 0.0503. The Morgan fingerprint density at radius 1 is 1.35 bits per heavy atom. The summed E-state index contributed by atoms with van der Waals surface area (Å²) >= 11 is 0. The predicted molar refractivity (Wildman–Crippen MR) is 92.0 cm³/mol. The summed E-state index contributed by atoms with van der Waals surface area (Å²) in [6.07, 6.45) is 1.03. The average Bonchev–Trinajstić information content (AvgIpc) is 2.69. The van der Waals surface area contributed by atoms with Crippen molar-refractivity contribution in [2.45, 2.75) is 33.3 Å². The molecule has 2 aromatic rings. The van der Waals surface area contributed by atoms with Gasteiger partial charge in [-0.15, -0.1) is 0 Å². The van der Waals surface area contributed by atoms with Crippen LogP contribution in [0, 0.1) is 0 Å². The van der Waals surface area contributed by atoms with Crippen LogP contribution >= 0.6 is 0 Å². The van der Waals surface area contributed by atoms with Gasteiger partial charge in [0.15, 0.2) is 0 Å². The van der Waals surface area contributed by atoms with Gasteiger partial charge in [-0.2, -0.15) is 4.68 Å². The molecule has 0 aliphatic heterocycles. The predicted octanol–water partition coefficient (Wildman–Crippen LogP) is 3.18. The van der Waals surface area contributed by atoms with E-state index in [0.717, 1.165) is 11.1 Å². The monoisotopic (exact) mass is 315 g/mol. The minimum atomic E-state index is -0.649. The van der Waals surface area contributed by atoms with Crippen LogP contribution in [0.4, 0.5) is 4.79 Å².